The minimum Gasteiger partial charge on any atom is -0.542 e. The normalized spacial score (nSPS) is 10.6. The van der Waals surface area contributed by atoms with Gasteiger partial charge in [-0.15, -0.1) is 0 Å². The number of carbonyl (C=O) groups is 1. The van der Waals surface area contributed by atoms with Crippen LogP contribution < -0.4 is 26.3 Å². The summed E-state index contributed by atoms with van der Waals surface area (Å²) in [6.07, 6.45) is -5.19. The van der Waals surface area contributed by atoms with E-state index in [9.17, 15) is 13.2 Å². The van der Waals surface area contributed by atoms with E-state index >= 15 is 0 Å². The SMILES string of the molecule is Cc1ccc([I+]c2ccccc2C)cc1.O=C([O-])C(F)(F)F. The molecule has 6 heteroatoms. The Kier molecular flexibility index (Phi) is 6.86. The Labute approximate surface area is 137 Å². The molecule has 118 valence electrons. The van der Waals surface area contributed by atoms with Crippen LogP contribution in [0, 0.1) is 21.0 Å². The summed E-state index contributed by atoms with van der Waals surface area (Å²) in [5, 5.41) is 8.78. The molecular weight excluding hydrogens is 408 g/mol. The molecule has 0 atom stereocenters. The van der Waals surface area contributed by atoms with Crippen LogP contribution in [-0.4, -0.2) is 12.1 Å². The Hall–Kier alpha value is -1.57. The smallest absolute Gasteiger partial charge is 0.430 e. The molecule has 0 heterocycles. The van der Waals surface area contributed by atoms with E-state index in [0.717, 1.165) is 0 Å². The van der Waals surface area contributed by atoms with Crippen molar-refractivity contribution in [3.8, 4) is 0 Å². The molecule has 0 aliphatic heterocycles. The predicted molar refractivity (Wildman–Crippen MR) is 70.8 cm³/mol. The summed E-state index contributed by atoms with van der Waals surface area (Å²) in [5.41, 5.74) is 2.76. The molecule has 0 N–H and O–H groups in total. The Bertz CT molecular complexity index is 622. The van der Waals surface area contributed by atoms with Gasteiger partial charge >= 0.3 is 27.4 Å². The molecule has 0 saturated heterocycles. The van der Waals surface area contributed by atoms with Gasteiger partial charge in [0.15, 0.2) is 7.14 Å². The lowest BCUT2D eigenvalue weighted by Gasteiger charge is -2.03. The first-order valence-electron chi connectivity index (χ1n) is 6.25. The van der Waals surface area contributed by atoms with Gasteiger partial charge in [0.2, 0.25) is 0 Å². The van der Waals surface area contributed by atoms with Crippen LogP contribution in [0.25, 0.3) is 0 Å². The lowest BCUT2D eigenvalue weighted by Crippen LogP contribution is -3.61. The number of hydrogen-bond donors (Lipinski definition) is 0. The Morgan fingerprint density at radius 1 is 1.00 bits per heavy atom. The third-order valence-corrected chi connectivity index (χ3v) is 5.66. The van der Waals surface area contributed by atoms with E-state index < -0.39 is 12.1 Å². The topological polar surface area (TPSA) is 40.1 Å². The lowest BCUT2D eigenvalue weighted by atomic mass is 10.2. The number of hydrogen-bond acceptors (Lipinski definition) is 2. The molecule has 0 aliphatic rings. The van der Waals surface area contributed by atoms with Crippen LogP contribution in [0.1, 0.15) is 11.1 Å². The Balaban J connectivity index is 0.000000295. The van der Waals surface area contributed by atoms with Crippen LogP contribution in [0.2, 0.25) is 0 Å². The molecule has 0 aliphatic carbocycles. The monoisotopic (exact) mass is 422 g/mol. The van der Waals surface area contributed by atoms with Gasteiger partial charge in [-0.3, -0.25) is 0 Å². The van der Waals surface area contributed by atoms with Gasteiger partial charge in [-0.25, -0.2) is 0 Å². The van der Waals surface area contributed by atoms with Crippen molar-refractivity contribution in [1.29, 1.82) is 0 Å². The van der Waals surface area contributed by atoms with Gasteiger partial charge in [0.05, 0.1) is 0 Å². The summed E-state index contributed by atoms with van der Waals surface area (Å²) < 4.78 is 34.6. The first-order chi connectivity index (χ1) is 10.2. The van der Waals surface area contributed by atoms with Gasteiger partial charge < -0.3 is 9.90 Å². The summed E-state index contributed by atoms with van der Waals surface area (Å²) in [5.74, 6) is -3.01. The maximum absolute atomic E-state index is 10.5. The number of alkyl halides is 3. The van der Waals surface area contributed by atoms with Crippen LogP contribution >= 0.6 is 0 Å². The van der Waals surface area contributed by atoms with Crippen molar-refractivity contribution in [2.75, 3.05) is 0 Å². The number of aliphatic carboxylic acids is 1. The Morgan fingerprint density at radius 2 is 1.50 bits per heavy atom. The molecule has 0 bridgehead atoms. The molecule has 22 heavy (non-hydrogen) atoms. The van der Waals surface area contributed by atoms with Crippen molar-refractivity contribution in [3.05, 3.63) is 66.8 Å². The van der Waals surface area contributed by atoms with Gasteiger partial charge in [0.25, 0.3) is 0 Å². The van der Waals surface area contributed by atoms with Gasteiger partial charge in [-0.05, 0) is 32.0 Å². The van der Waals surface area contributed by atoms with Crippen molar-refractivity contribution in [1.82, 2.24) is 0 Å². The van der Waals surface area contributed by atoms with Crippen LogP contribution in [0.5, 0.6) is 0 Å². The molecule has 2 rings (SSSR count). The zero-order valence-electron chi connectivity index (χ0n) is 11.9. The van der Waals surface area contributed by atoms with Crippen molar-refractivity contribution in [3.63, 3.8) is 0 Å². The van der Waals surface area contributed by atoms with Crippen molar-refractivity contribution in [2.24, 2.45) is 0 Å². The number of carbonyl (C=O) groups excluding carboxylic acids is 1. The molecule has 2 nitrogen and oxygen atoms in total. The van der Waals surface area contributed by atoms with Crippen molar-refractivity contribution >= 4 is 5.97 Å². The zero-order valence-corrected chi connectivity index (χ0v) is 14.1. The molecule has 0 aromatic heterocycles. The molecule has 0 saturated carbocycles. The predicted octanol–water partition coefficient (Wildman–Crippen LogP) is -0.270. The summed E-state index contributed by atoms with van der Waals surface area (Å²) in [6, 6.07) is 17.6. The molecular formula is C16H14F3IO2. The molecule has 0 radical (unpaired) electrons. The van der Waals surface area contributed by atoms with Gasteiger partial charge in [0.1, 0.15) is 5.97 Å². The first-order valence-corrected chi connectivity index (χ1v) is 8.41. The molecule has 0 unspecified atom stereocenters. The zero-order chi connectivity index (χ0) is 16.8. The van der Waals surface area contributed by atoms with Crippen LogP contribution in [0.3, 0.4) is 0 Å². The van der Waals surface area contributed by atoms with Crippen molar-refractivity contribution < 1.29 is 44.3 Å². The molecule has 0 fully saturated rings. The van der Waals surface area contributed by atoms with Crippen LogP contribution in [0.4, 0.5) is 13.2 Å². The molecule has 0 spiro atoms. The minimum atomic E-state index is -5.19. The first kappa shape index (κ1) is 18.5. The third-order valence-electron chi connectivity index (χ3n) is 2.53. The highest BCUT2D eigenvalue weighted by Gasteiger charge is 2.28. The van der Waals surface area contributed by atoms with Gasteiger partial charge in [-0.2, -0.15) is 13.2 Å². The number of rotatable bonds is 2. The highest BCUT2D eigenvalue weighted by atomic mass is 127. The van der Waals surface area contributed by atoms with Crippen LogP contribution in [0.15, 0.2) is 48.5 Å². The number of aryl methyl sites for hydroxylation is 2. The fourth-order valence-electron chi connectivity index (χ4n) is 1.37. The second-order valence-corrected chi connectivity index (χ2v) is 7.37. The van der Waals surface area contributed by atoms with Crippen molar-refractivity contribution in [2.45, 2.75) is 20.0 Å². The van der Waals surface area contributed by atoms with E-state index in [2.05, 4.69) is 62.4 Å². The number of halogens is 4. The van der Waals surface area contributed by atoms with Gasteiger partial charge in [0, 0.05) is 5.56 Å². The summed E-state index contributed by atoms with van der Waals surface area (Å²) >= 11 is -0.00580. The molecule has 2 aromatic rings. The number of benzene rings is 2. The van der Waals surface area contributed by atoms with E-state index in [1.165, 1.54) is 18.3 Å². The standard InChI is InChI=1S/C14H14I.C2HF3O2/c1-11-7-9-13(10-8-11)15-14-6-4-3-5-12(14)2;3-2(4,5)1(6)7/h3-10H,1-2H3;(H,6,7)/q+1;/p-1. The van der Waals surface area contributed by atoms with Crippen LogP contribution in [-0.2, 0) is 4.79 Å². The third kappa shape index (κ3) is 6.46. The molecule has 0 amide bonds. The number of carboxylic acid groups (broad SMARTS) is 1. The van der Waals surface area contributed by atoms with E-state index in [1.54, 1.807) is 0 Å². The van der Waals surface area contributed by atoms with E-state index in [4.69, 9.17) is 9.90 Å². The van der Waals surface area contributed by atoms with E-state index in [-0.39, 0.29) is 21.2 Å². The maximum atomic E-state index is 10.5. The van der Waals surface area contributed by atoms with E-state index in [0.29, 0.717) is 0 Å². The highest BCUT2D eigenvalue weighted by molar-refractivity contribution is 5.70. The highest BCUT2D eigenvalue weighted by Crippen LogP contribution is 2.11. The number of carboxylic acids is 1. The summed E-state index contributed by atoms with van der Waals surface area (Å²) in [7, 11) is 0. The van der Waals surface area contributed by atoms with Gasteiger partial charge in [-0.1, -0.05) is 35.9 Å². The Morgan fingerprint density at radius 3 is 1.95 bits per heavy atom. The fourth-order valence-corrected chi connectivity index (χ4v) is 3.75. The second-order valence-electron chi connectivity index (χ2n) is 4.42. The fraction of sp³-hybridized carbons (Fsp3) is 0.188. The lowest BCUT2D eigenvalue weighted by molar-refractivity contribution is -0.598. The summed E-state index contributed by atoms with van der Waals surface area (Å²) in [6.45, 7) is 4.33. The summed E-state index contributed by atoms with van der Waals surface area (Å²) in [4.78, 5) is 8.78. The minimum absolute atomic E-state index is 0.00580. The average molecular weight is 422 g/mol. The largest absolute Gasteiger partial charge is 0.542 e. The molecule has 2 aromatic carbocycles. The quantitative estimate of drug-likeness (QED) is 0.626. The second kappa shape index (κ2) is 8.17. The maximum Gasteiger partial charge on any atom is 0.430 e. The average Bonchev–Trinajstić information content (AvgIpc) is 2.43. The van der Waals surface area contributed by atoms with E-state index in [1.807, 2.05) is 0 Å².